The molecule has 0 saturated heterocycles. The number of esters is 1. The maximum Gasteiger partial charge on any atom is 0.307 e. The van der Waals surface area contributed by atoms with Gasteiger partial charge in [0.1, 0.15) is 6.10 Å². The molecule has 0 bridgehead atoms. The van der Waals surface area contributed by atoms with Crippen LogP contribution in [0.1, 0.15) is 35.8 Å². The number of nitrogens with two attached hydrogens (primary N) is 1. The number of nitrogens with zero attached hydrogens (tertiary/aromatic N) is 1. The van der Waals surface area contributed by atoms with E-state index in [2.05, 4.69) is 15.6 Å². The quantitative estimate of drug-likeness (QED) is 0.193. The molecule has 0 aliphatic heterocycles. The first-order chi connectivity index (χ1) is 16.9. The third-order valence-electron chi connectivity index (χ3n) is 5.06. The summed E-state index contributed by atoms with van der Waals surface area (Å²) >= 11 is 1.31. The van der Waals surface area contributed by atoms with Gasteiger partial charge in [0.05, 0.1) is 25.0 Å². The number of ether oxygens (including phenoxy) is 1. The van der Waals surface area contributed by atoms with E-state index in [1.54, 1.807) is 5.38 Å². The molecule has 0 spiro atoms. The molecule has 36 heavy (non-hydrogen) atoms. The second-order valence-electron chi connectivity index (χ2n) is 7.84. The van der Waals surface area contributed by atoms with Gasteiger partial charge < -0.3 is 26.2 Å². The lowest BCUT2D eigenvalue weighted by Gasteiger charge is -2.19. The zero-order valence-corrected chi connectivity index (χ0v) is 21.1. The molecule has 0 aliphatic rings. The van der Waals surface area contributed by atoms with Gasteiger partial charge in [-0.25, -0.2) is 4.98 Å². The molecule has 0 saturated carbocycles. The van der Waals surface area contributed by atoms with Gasteiger partial charge in [0.2, 0.25) is 5.91 Å². The Morgan fingerprint density at radius 3 is 2.42 bits per heavy atom. The number of hydrogen-bond donors (Lipinski definition) is 4. The van der Waals surface area contributed by atoms with Crippen molar-refractivity contribution in [2.45, 2.75) is 31.8 Å². The highest BCUT2D eigenvalue weighted by molar-refractivity contribution is 7.13. The Morgan fingerprint density at radius 2 is 1.78 bits per heavy atom. The van der Waals surface area contributed by atoms with Crippen molar-refractivity contribution in [3.63, 3.8) is 0 Å². The fourth-order valence-corrected chi connectivity index (χ4v) is 3.88. The number of rotatable bonds is 13. The molecule has 9 nitrogen and oxygen atoms in total. The highest BCUT2D eigenvalue weighted by Gasteiger charge is 2.17. The topological polar surface area (TPSA) is 144 Å². The Balaban J connectivity index is 0.00000456. The van der Waals surface area contributed by atoms with Crippen LogP contribution in [0.25, 0.3) is 0 Å². The lowest BCUT2D eigenvalue weighted by Crippen LogP contribution is -2.27. The summed E-state index contributed by atoms with van der Waals surface area (Å²) in [5, 5.41) is 17.1. The van der Waals surface area contributed by atoms with Crippen molar-refractivity contribution in [3.8, 4) is 0 Å². The number of amides is 1. The van der Waals surface area contributed by atoms with E-state index in [4.69, 9.17) is 15.6 Å². The summed E-state index contributed by atoms with van der Waals surface area (Å²) in [5.41, 5.74) is 8.86. The van der Waals surface area contributed by atoms with Gasteiger partial charge >= 0.3 is 11.9 Å². The van der Waals surface area contributed by atoms with Gasteiger partial charge in [-0.2, -0.15) is 0 Å². The van der Waals surface area contributed by atoms with Gasteiger partial charge in [0.15, 0.2) is 5.13 Å². The van der Waals surface area contributed by atoms with Gasteiger partial charge in [0, 0.05) is 17.6 Å². The molecule has 1 atom stereocenters. The minimum absolute atomic E-state index is 0. The molecular formula is C25H29ClN4O5S. The van der Waals surface area contributed by atoms with Crippen LogP contribution < -0.4 is 16.4 Å². The van der Waals surface area contributed by atoms with Gasteiger partial charge in [-0.3, -0.25) is 14.4 Å². The number of anilines is 2. The molecule has 0 radical (unpaired) electrons. The Labute approximate surface area is 219 Å². The predicted molar refractivity (Wildman–Crippen MR) is 141 cm³/mol. The molecule has 5 N–H and O–H groups in total. The van der Waals surface area contributed by atoms with Crippen LogP contribution in [-0.4, -0.2) is 41.0 Å². The monoisotopic (exact) mass is 532 g/mol. The second kappa shape index (κ2) is 14.8. The highest BCUT2D eigenvalue weighted by Crippen LogP contribution is 2.18. The van der Waals surface area contributed by atoms with Crippen molar-refractivity contribution >= 4 is 52.4 Å². The molecule has 0 unspecified atom stereocenters. The van der Waals surface area contributed by atoms with Gasteiger partial charge in [-0.05, 0) is 36.2 Å². The maximum atomic E-state index is 12.2. The lowest BCUT2D eigenvalue weighted by atomic mass is 10.1. The summed E-state index contributed by atoms with van der Waals surface area (Å²) in [6.45, 7) is 1.05. The second-order valence-corrected chi connectivity index (χ2v) is 8.73. The number of aliphatic carboxylic acids is 1. The first-order valence-corrected chi connectivity index (χ1v) is 12.0. The van der Waals surface area contributed by atoms with E-state index in [1.807, 2.05) is 54.6 Å². The third-order valence-corrected chi connectivity index (χ3v) is 5.78. The standard InChI is InChI=1S/C25H28N4O5S.ClH/c26-25-29-20(16-35-25)14-22(30)28-19-8-6-17(7-9-19)12-13-27-15-21(18-4-2-1-3-5-18)34-24(33)11-10-23(31)32;/h1-9,16,21,27H,10-15H2,(H2,26,29)(H,28,30)(H,31,32);1H/t21-;/m0./s1. The molecule has 11 heteroatoms. The minimum Gasteiger partial charge on any atom is -0.481 e. The van der Waals surface area contributed by atoms with Crippen LogP contribution in [0.5, 0.6) is 0 Å². The van der Waals surface area contributed by atoms with Crippen LogP contribution >= 0.6 is 23.7 Å². The fraction of sp³-hybridized carbons (Fsp3) is 0.280. The summed E-state index contributed by atoms with van der Waals surface area (Å²) in [6, 6.07) is 16.9. The van der Waals surface area contributed by atoms with E-state index in [-0.39, 0.29) is 37.6 Å². The van der Waals surface area contributed by atoms with Crippen LogP contribution in [0.2, 0.25) is 0 Å². The number of nitrogen functional groups attached to an aromatic ring is 1. The van der Waals surface area contributed by atoms with E-state index >= 15 is 0 Å². The summed E-state index contributed by atoms with van der Waals surface area (Å²) in [7, 11) is 0. The van der Waals surface area contributed by atoms with Crippen molar-refractivity contribution < 1.29 is 24.2 Å². The smallest absolute Gasteiger partial charge is 0.307 e. The van der Waals surface area contributed by atoms with Crippen molar-refractivity contribution in [1.82, 2.24) is 10.3 Å². The Hall–Kier alpha value is -3.47. The number of carboxylic acids is 1. The zero-order valence-electron chi connectivity index (χ0n) is 19.5. The maximum absolute atomic E-state index is 12.2. The number of carbonyl (C=O) groups is 3. The fourth-order valence-electron chi connectivity index (χ4n) is 3.32. The van der Waals surface area contributed by atoms with Crippen LogP contribution in [0.3, 0.4) is 0 Å². The number of halogens is 1. The Morgan fingerprint density at radius 1 is 1.06 bits per heavy atom. The van der Waals surface area contributed by atoms with E-state index in [0.29, 0.717) is 29.6 Å². The van der Waals surface area contributed by atoms with E-state index in [1.165, 1.54) is 11.3 Å². The number of carbonyl (C=O) groups excluding carboxylic acids is 2. The summed E-state index contributed by atoms with van der Waals surface area (Å²) in [4.78, 5) is 39.0. The Bertz CT molecular complexity index is 1120. The first kappa shape index (κ1) is 28.8. The largest absolute Gasteiger partial charge is 0.481 e. The van der Waals surface area contributed by atoms with E-state index < -0.39 is 18.0 Å². The number of thiazole rings is 1. The summed E-state index contributed by atoms with van der Waals surface area (Å²) < 4.78 is 5.52. The number of carboxylic acid groups (broad SMARTS) is 1. The van der Waals surface area contributed by atoms with Crippen LogP contribution in [0.15, 0.2) is 60.0 Å². The Kier molecular flexibility index (Phi) is 11.8. The predicted octanol–water partition coefficient (Wildman–Crippen LogP) is 3.61. The van der Waals surface area contributed by atoms with Crippen LogP contribution in [0, 0.1) is 0 Å². The number of aromatic nitrogens is 1. The van der Waals surface area contributed by atoms with Crippen molar-refractivity contribution in [1.29, 1.82) is 0 Å². The lowest BCUT2D eigenvalue weighted by molar-refractivity contribution is -0.152. The molecule has 0 aliphatic carbocycles. The van der Waals surface area contributed by atoms with E-state index in [9.17, 15) is 14.4 Å². The summed E-state index contributed by atoms with van der Waals surface area (Å²) in [5.74, 6) is -1.74. The van der Waals surface area contributed by atoms with Crippen molar-refractivity contribution in [2.24, 2.45) is 0 Å². The molecule has 1 heterocycles. The molecule has 192 valence electrons. The zero-order chi connectivity index (χ0) is 25.0. The molecule has 3 rings (SSSR count). The number of benzene rings is 2. The van der Waals surface area contributed by atoms with Crippen LogP contribution in [0.4, 0.5) is 10.8 Å². The molecule has 0 fully saturated rings. The molecule has 1 amide bonds. The molecule has 3 aromatic rings. The van der Waals surface area contributed by atoms with Crippen molar-refractivity contribution in [3.05, 3.63) is 76.8 Å². The van der Waals surface area contributed by atoms with E-state index in [0.717, 1.165) is 17.5 Å². The highest BCUT2D eigenvalue weighted by atomic mass is 35.5. The summed E-state index contributed by atoms with van der Waals surface area (Å²) in [6.07, 6.45) is -0.0321. The van der Waals surface area contributed by atoms with Crippen LogP contribution in [-0.2, 0) is 32.0 Å². The molecule has 2 aromatic carbocycles. The van der Waals surface area contributed by atoms with Gasteiger partial charge in [-0.15, -0.1) is 23.7 Å². The average molecular weight is 533 g/mol. The molecule has 1 aromatic heterocycles. The number of hydrogen-bond acceptors (Lipinski definition) is 8. The van der Waals surface area contributed by atoms with Gasteiger partial charge in [-0.1, -0.05) is 42.5 Å². The number of nitrogens with one attached hydrogen (secondary N) is 2. The SMILES string of the molecule is Cl.Nc1nc(CC(=O)Nc2ccc(CCNC[C@H](OC(=O)CCC(=O)O)c3ccccc3)cc2)cs1. The van der Waals surface area contributed by atoms with Gasteiger partial charge in [0.25, 0.3) is 0 Å². The third kappa shape index (κ3) is 10.0. The average Bonchev–Trinajstić information content (AvgIpc) is 3.25. The normalized spacial score (nSPS) is 11.2. The first-order valence-electron chi connectivity index (χ1n) is 11.1. The minimum atomic E-state index is -1.04. The van der Waals surface area contributed by atoms with Crippen molar-refractivity contribution in [2.75, 3.05) is 24.1 Å². The molecular weight excluding hydrogens is 504 g/mol.